The molecule has 0 unspecified atom stereocenters. The van der Waals surface area contributed by atoms with Crippen LogP contribution in [-0.4, -0.2) is 44.1 Å². The van der Waals surface area contributed by atoms with Crippen molar-refractivity contribution < 1.29 is 22.4 Å². The minimum absolute atomic E-state index is 0.0510. The second-order valence-electron chi connectivity index (χ2n) is 10.3. The summed E-state index contributed by atoms with van der Waals surface area (Å²) in [6.07, 6.45) is 0.0510. The lowest BCUT2D eigenvalue weighted by molar-refractivity contribution is -0.127. The molecule has 0 fully saturated rings. The van der Waals surface area contributed by atoms with Crippen LogP contribution in [0.2, 0.25) is 0 Å². The van der Waals surface area contributed by atoms with E-state index in [0.717, 1.165) is 5.56 Å². The summed E-state index contributed by atoms with van der Waals surface area (Å²) in [7, 11) is -3.68. The Labute approximate surface area is 238 Å². The van der Waals surface area contributed by atoms with Crippen molar-refractivity contribution in [2.75, 3.05) is 17.2 Å². The van der Waals surface area contributed by atoms with Crippen LogP contribution in [0.5, 0.6) is 0 Å². The van der Waals surface area contributed by atoms with Gasteiger partial charge in [-0.25, -0.2) is 17.5 Å². The molecule has 3 aromatic rings. The molecular formula is C29H33FN4O4S2. The topological polar surface area (TPSA) is 122 Å². The number of nitrogens with zero attached hydrogens (tertiary/aromatic N) is 1. The third-order valence-corrected chi connectivity index (χ3v) is 8.99. The summed E-state index contributed by atoms with van der Waals surface area (Å²) in [4.78, 5) is 28.6. The minimum atomic E-state index is -3.68. The van der Waals surface area contributed by atoms with Gasteiger partial charge in [-0.05, 0) is 49.2 Å². The smallest absolute Gasteiger partial charge is 0.250 e. The summed E-state index contributed by atoms with van der Waals surface area (Å²) in [6, 6.07) is 17.5. The summed E-state index contributed by atoms with van der Waals surface area (Å²) in [5.41, 5.74) is 7.85. The van der Waals surface area contributed by atoms with E-state index in [1.165, 1.54) is 23.9 Å². The number of fused-ring (bicyclic) bond motifs is 1. The van der Waals surface area contributed by atoms with Gasteiger partial charge in [0.15, 0.2) is 0 Å². The molecular weight excluding hydrogens is 551 g/mol. The highest BCUT2D eigenvalue weighted by atomic mass is 32.2. The van der Waals surface area contributed by atoms with Gasteiger partial charge in [-0.3, -0.25) is 9.59 Å². The molecule has 0 saturated heterocycles. The molecule has 11 heteroatoms. The lowest BCUT2D eigenvalue weighted by Crippen LogP contribution is -2.51. The van der Waals surface area contributed by atoms with Crippen LogP contribution < -0.4 is 20.7 Å². The Morgan fingerprint density at radius 1 is 1.12 bits per heavy atom. The van der Waals surface area contributed by atoms with Crippen molar-refractivity contribution in [3.8, 4) is 11.1 Å². The predicted octanol–water partition coefficient (Wildman–Crippen LogP) is 4.04. The molecule has 0 saturated carbocycles. The molecule has 0 spiro atoms. The van der Waals surface area contributed by atoms with Gasteiger partial charge >= 0.3 is 0 Å². The number of amides is 2. The molecule has 0 aliphatic carbocycles. The second kappa shape index (κ2) is 12.1. The fourth-order valence-electron chi connectivity index (χ4n) is 4.48. The molecule has 8 nitrogen and oxygen atoms in total. The van der Waals surface area contributed by atoms with Crippen molar-refractivity contribution in [3.05, 3.63) is 78.1 Å². The van der Waals surface area contributed by atoms with Crippen LogP contribution in [0.4, 0.5) is 10.1 Å². The Bertz CT molecular complexity index is 1510. The molecule has 0 bridgehead atoms. The van der Waals surface area contributed by atoms with Gasteiger partial charge in [0.25, 0.3) is 5.91 Å². The number of thioether (sulfide) groups is 1. The van der Waals surface area contributed by atoms with Crippen molar-refractivity contribution in [1.82, 2.24) is 10.0 Å². The quantitative estimate of drug-likeness (QED) is 0.349. The van der Waals surface area contributed by atoms with Gasteiger partial charge in [0.1, 0.15) is 11.9 Å². The van der Waals surface area contributed by atoms with E-state index in [1.807, 2.05) is 12.1 Å². The SMILES string of the molecule is CCNS(=O)(=O)c1ccccc1-c1ccc(CN2C(=O)[C@H](NC(=O)CC(C)(C)N)CSc3cc(F)ccc32)cc1. The number of nitrogens with two attached hydrogens (primary N) is 1. The van der Waals surface area contributed by atoms with E-state index in [1.54, 1.807) is 68.1 Å². The molecule has 0 aromatic heterocycles. The lowest BCUT2D eigenvalue weighted by atomic mass is 10.0. The van der Waals surface area contributed by atoms with E-state index in [-0.39, 0.29) is 42.0 Å². The van der Waals surface area contributed by atoms with E-state index in [2.05, 4.69) is 10.0 Å². The van der Waals surface area contributed by atoms with Crippen LogP contribution >= 0.6 is 11.8 Å². The number of hydrogen-bond donors (Lipinski definition) is 3. The van der Waals surface area contributed by atoms with Crippen LogP contribution in [0.1, 0.15) is 32.8 Å². The zero-order chi connectivity index (χ0) is 29.1. The van der Waals surface area contributed by atoms with Crippen LogP contribution in [0.25, 0.3) is 11.1 Å². The van der Waals surface area contributed by atoms with Crippen LogP contribution in [0.3, 0.4) is 0 Å². The highest BCUT2D eigenvalue weighted by molar-refractivity contribution is 7.99. The maximum Gasteiger partial charge on any atom is 0.250 e. The molecule has 1 heterocycles. The van der Waals surface area contributed by atoms with E-state index >= 15 is 0 Å². The molecule has 2 amide bonds. The first kappa shape index (κ1) is 29.7. The van der Waals surface area contributed by atoms with Gasteiger partial charge in [0.05, 0.1) is 17.1 Å². The highest BCUT2D eigenvalue weighted by Crippen LogP contribution is 2.36. The molecule has 1 aliphatic rings. The molecule has 4 rings (SSSR count). The molecule has 0 radical (unpaired) electrons. The number of halogens is 1. The molecule has 1 aliphatic heterocycles. The Kier molecular flexibility index (Phi) is 8.99. The number of anilines is 1. The van der Waals surface area contributed by atoms with Crippen molar-refractivity contribution >= 4 is 39.3 Å². The van der Waals surface area contributed by atoms with E-state index in [0.29, 0.717) is 21.7 Å². The fourth-order valence-corrected chi connectivity index (χ4v) is 6.85. The number of sulfonamides is 1. The monoisotopic (exact) mass is 584 g/mol. The van der Waals surface area contributed by atoms with Crippen molar-refractivity contribution in [2.24, 2.45) is 5.73 Å². The normalized spacial score (nSPS) is 15.9. The van der Waals surface area contributed by atoms with Gasteiger partial charge < -0.3 is 16.0 Å². The summed E-state index contributed by atoms with van der Waals surface area (Å²) in [6.45, 7) is 5.63. The van der Waals surface area contributed by atoms with E-state index in [9.17, 15) is 22.4 Å². The van der Waals surface area contributed by atoms with Gasteiger partial charge in [-0.15, -0.1) is 11.8 Å². The Morgan fingerprint density at radius 3 is 2.50 bits per heavy atom. The minimum Gasteiger partial charge on any atom is -0.343 e. The maximum absolute atomic E-state index is 14.1. The van der Waals surface area contributed by atoms with Gasteiger partial charge in [0.2, 0.25) is 15.9 Å². The zero-order valence-electron chi connectivity index (χ0n) is 22.6. The second-order valence-corrected chi connectivity index (χ2v) is 13.1. The fraction of sp³-hybridized carbons (Fsp3) is 0.310. The Morgan fingerprint density at radius 2 is 1.82 bits per heavy atom. The predicted molar refractivity (Wildman–Crippen MR) is 156 cm³/mol. The first-order valence-electron chi connectivity index (χ1n) is 12.9. The van der Waals surface area contributed by atoms with Crippen molar-refractivity contribution in [2.45, 2.75) is 55.1 Å². The number of nitrogens with one attached hydrogen (secondary N) is 2. The average molecular weight is 585 g/mol. The van der Waals surface area contributed by atoms with Crippen LogP contribution in [-0.2, 0) is 26.2 Å². The lowest BCUT2D eigenvalue weighted by Gasteiger charge is -2.27. The Balaban J connectivity index is 1.63. The van der Waals surface area contributed by atoms with Gasteiger partial charge in [-0.2, -0.15) is 0 Å². The Hall–Kier alpha value is -3.25. The van der Waals surface area contributed by atoms with Crippen molar-refractivity contribution in [1.29, 1.82) is 0 Å². The average Bonchev–Trinajstić information content (AvgIpc) is 3.00. The maximum atomic E-state index is 14.1. The number of benzene rings is 3. The molecule has 212 valence electrons. The largest absolute Gasteiger partial charge is 0.343 e. The molecule has 40 heavy (non-hydrogen) atoms. The van der Waals surface area contributed by atoms with E-state index < -0.39 is 27.4 Å². The number of carbonyl (C=O) groups is 2. The third-order valence-electron chi connectivity index (χ3n) is 6.25. The van der Waals surface area contributed by atoms with Crippen LogP contribution in [0.15, 0.2) is 76.5 Å². The first-order valence-corrected chi connectivity index (χ1v) is 15.3. The first-order chi connectivity index (χ1) is 18.9. The standard InChI is InChI=1S/C29H33FN4O4S2/c1-4-32-40(37,38)26-8-6-5-7-22(26)20-11-9-19(10-12-20)17-34-24-14-13-21(30)15-25(24)39-18-23(28(34)36)33-27(35)16-29(2,3)31/h5-15,23,32H,4,16-18,31H2,1-3H3,(H,33,35)/t23-/m1/s1. The highest BCUT2D eigenvalue weighted by Gasteiger charge is 2.33. The van der Waals surface area contributed by atoms with Crippen molar-refractivity contribution in [3.63, 3.8) is 0 Å². The van der Waals surface area contributed by atoms with Gasteiger partial charge in [0, 0.05) is 34.7 Å². The zero-order valence-corrected chi connectivity index (χ0v) is 24.2. The molecule has 3 aromatic carbocycles. The summed E-state index contributed by atoms with van der Waals surface area (Å²) < 4.78 is 42.1. The summed E-state index contributed by atoms with van der Waals surface area (Å²) in [5, 5.41) is 2.80. The van der Waals surface area contributed by atoms with Gasteiger partial charge in [-0.1, -0.05) is 49.4 Å². The van der Waals surface area contributed by atoms with Crippen LogP contribution in [0, 0.1) is 5.82 Å². The number of carbonyl (C=O) groups excluding carboxylic acids is 2. The summed E-state index contributed by atoms with van der Waals surface area (Å²) in [5.74, 6) is -0.814. The number of rotatable bonds is 9. The third kappa shape index (κ3) is 7.08. The molecule has 1 atom stereocenters. The molecule has 4 N–H and O–H groups in total. The summed E-state index contributed by atoms with van der Waals surface area (Å²) >= 11 is 1.31. The number of hydrogen-bond acceptors (Lipinski definition) is 6. The van der Waals surface area contributed by atoms with E-state index in [4.69, 9.17) is 5.73 Å².